The first-order valence-electron chi connectivity index (χ1n) is 17.7. The molecule has 0 aliphatic carbocycles. The minimum Gasteiger partial charge on any atom is -0.461 e. The lowest BCUT2D eigenvalue weighted by Gasteiger charge is -2.18. The van der Waals surface area contributed by atoms with Gasteiger partial charge in [-0.05, 0) is 76.2 Å². The van der Waals surface area contributed by atoms with Gasteiger partial charge in [0.25, 0.3) is 0 Å². The first kappa shape index (κ1) is 52.0. The third-order valence-corrected chi connectivity index (χ3v) is 8.65. The zero-order valence-electron chi connectivity index (χ0n) is 32.8. The van der Waals surface area contributed by atoms with E-state index in [0.29, 0.717) is 37.4 Å². The molecule has 61 heavy (non-hydrogen) atoms. The van der Waals surface area contributed by atoms with E-state index in [9.17, 15) is 24.3 Å². The van der Waals surface area contributed by atoms with Crippen LogP contribution in [0.25, 0.3) is 0 Å². The Kier molecular flexibility index (Phi) is 23.6. The van der Waals surface area contributed by atoms with E-state index in [1.54, 1.807) is 107 Å². The van der Waals surface area contributed by atoms with Gasteiger partial charge in [0.1, 0.15) is 17.3 Å². The fourth-order valence-electron chi connectivity index (χ4n) is 4.12. The van der Waals surface area contributed by atoms with E-state index >= 15 is 0 Å². The van der Waals surface area contributed by atoms with E-state index in [-0.39, 0.29) is 46.5 Å². The predicted octanol–water partition coefficient (Wildman–Crippen LogP) is 9.76. The molecular weight excluding hydrogens is 919 g/mol. The molecule has 0 fully saturated rings. The lowest BCUT2D eigenvalue weighted by atomic mass is 10.2. The number of nitrogens with one attached hydrogen (secondary N) is 1. The van der Waals surface area contributed by atoms with Gasteiger partial charge in [-0.1, -0.05) is 87.8 Å². The summed E-state index contributed by atoms with van der Waals surface area (Å²) in [6, 6.07) is 18.1. The number of halogens is 6. The molecule has 1 amide bonds. The number of aromatic nitrogens is 4. The van der Waals surface area contributed by atoms with Crippen molar-refractivity contribution in [3.63, 3.8) is 0 Å². The monoisotopic (exact) mass is 955 g/mol. The molecule has 15 nitrogen and oxygen atoms in total. The maximum absolute atomic E-state index is 12.2. The lowest BCUT2D eigenvalue weighted by Crippen LogP contribution is -2.34. The fraction of sp³-hybridized carbons (Fsp3) is 0.250. The van der Waals surface area contributed by atoms with Gasteiger partial charge in [-0.2, -0.15) is 4.99 Å². The van der Waals surface area contributed by atoms with Crippen LogP contribution in [0.1, 0.15) is 39.3 Å². The standard InChI is InChI=1S/C17H17Cl2N3O4.C10H14N2O3.C7H3Cl2NO.C6H5Cl2N/c1-10(2)25-16(23)13(9-14-20-7-4-8-21-14)26-17(24)22-15-11(18)5-3-6-12(15)19;1-7(2)15-10(14)8(13)6-9-11-4-3-5-12-9;8-5-2-1-3-6(9)7(5)10-4-11;7-4-2-1-3-5(8)6(4)9/h3-8,10,13H,9H2,1-2H3,(H,22,24);3-5,7-8,13H,6H2,1-2H3;1-3H;1-3H,9H2. The number of rotatable bonds is 11. The van der Waals surface area contributed by atoms with E-state index < -0.39 is 30.2 Å². The van der Waals surface area contributed by atoms with Crippen LogP contribution in [-0.2, 0) is 41.4 Å². The van der Waals surface area contributed by atoms with Gasteiger partial charge in [0.15, 0.2) is 6.10 Å². The number of aliphatic imine (C=N–C) groups is 1. The predicted molar refractivity (Wildman–Crippen MR) is 235 cm³/mol. The van der Waals surface area contributed by atoms with Crippen molar-refractivity contribution in [3.8, 4) is 0 Å². The minimum atomic E-state index is -1.22. The molecule has 2 atom stereocenters. The maximum atomic E-state index is 12.2. The van der Waals surface area contributed by atoms with Crippen molar-refractivity contribution in [2.75, 3.05) is 11.1 Å². The molecular formula is C40H39Cl6N7O8. The van der Waals surface area contributed by atoms with E-state index in [4.69, 9.17) is 89.5 Å². The number of nitrogens with zero attached hydrogens (tertiary/aromatic N) is 5. The van der Waals surface area contributed by atoms with Crippen LogP contribution >= 0.6 is 69.6 Å². The summed E-state index contributed by atoms with van der Waals surface area (Å²) >= 11 is 34.5. The molecule has 2 unspecified atom stereocenters. The van der Waals surface area contributed by atoms with Gasteiger partial charge >= 0.3 is 18.0 Å². The molecule has 2 aromatic heterocycles. The number of benzene rings is 3. The third-order valence-electron chi connectivity index (χ3n) is 6.75. The van der Waals surface area contributed by atoms with Crippen molar-refractivity contribution >= 4 is 111 Å². The van der Waals surface area contributed by atoms with Crippen molar-refractivity contribution < 1.29 is 38.5 Å². The van der Waals surface area contributed by atoms with Crippen LogP contribution in [0.15, 0.2) is 96.5 Å². The van der Waals surface area contributed by atoms with E-state index in [2.05, 4.69) is 30.2 Å². The molecule has 0 saturated heterocycles. The van der Waals surface area contributed by atoms with Gasteiger partial charge < -0.3 is 25.1 Å². The second-order valence-corrected chi connectivity index (χ2v) is 14.7. The Hall–Kier alpha value is -5.09. The number of aliphatic hydroxyl groups is 1. The van der Waals surface area contributed by atoms with Gasteiger partial charge in [-0.3, -0.25) is 5.32 Å². The average Bonchev–Trinajstić information content (AvgIpc) is 3.20. The highest BCUT2D eigenvalue weighted by Gasteiger charge is 2.28. The van der Waals surface area contributed by atoms with Gasteiger partial charge in [-0.25, -0.2) is 39.1 Å². The van der Waals surface area contributed by atoms with Crippen molar-refractivity contribution in [3.05, 3.63) is 133 Å². The molecule has 324 valence electrons. The molecule has 21 heteroatoms. The number of isocyanates is 1. The molecule has 4 N–H and O–H groups in total. The summed E-state index contributed by atoms with van der Waals surface area (Å²) in [5, 5.41) is 14.1. The highest BCUT2D eigenvalue weighted by Crippen LogP contribution is 2.32. The summed E-state index contributed by atoms with van der Waals surface area (Å²) in [7, 11) is 0. The zero-order valence-corrected chi connectivity index (χ0v) is 37.3. The number of para-hydroxylation sites is 3. The summed E-state index contributed by atoms with van der Waals surface area (Å²) in [6.07, 6.45) is 3.66. The summed E-state index contributed by atoms with van der Waals surface area (Å²) in [6.45, 7) is 6.84. The number of nitrogen functional groups attached to an aromatic ring is 1. The first-order chi connectivity index (χ1) is 28.9. The highest BCUT2D eigenvalue weighted by atomic mass is 35.5. The van der Waals surface area contributed by atoms with E-state index in [0.717, 1.165) is 0 Å². The molecule has 0 aliphatic heterocycles. The normalized spacial score (nSPS) is 11.1. The number of carbonyl (C=O) groups is 3. The minimum absolute atomic E-state index is 0.0317. The smallest absolute Gasteiger partial charge is 0.412 e. The van der Waals surface area contributed by atoms with Gasteiger partial charge in [0.05, 0.1) is 60.1 Å². The number of esters is 2. The van der Waals surface area contributed by atoms with Crippen molar-refractivity contribution in [2.45, 2.75) is 65.0 Å². The lowest BCUT2D eigenvalue weighted by molar-refractivity contribution is -0.158. The third kappa shape index (κ3) is 19.9. The maximum Gasteiger partial charge on any atom is 0.412 e. The fourth-order valence-corrected chi connectivity index (χ4v) is 5.49. The van der Waals surface area contributed by atoms with Crippen molar-refractivity contribution in [2.24, 2.45) is 4.99 Å². The molecule has 0 bridgehead atoms. The van der Waals surface area contributed by atoms with Crippen molar-refractivity contribution in [1.29, 1.82) is 0 Å². The molecule has 0 spiro atoms. The van der Waals surface area contributed by atoms with Crippen molar-refractivity contribution in [1.82, 2.24) is 19.9 Å². The highest BCUT2D eigenvalue weighted by molar-refractivity contribution is 6.40. The van der Waals surface area contributed by atoms with Crippen LogP contribution in [0.4, 0.5) is 21.9 Å². The van der Waals surface area contributed by atoms with Gasteiger partial charge in [-0.15, -0.1) is 0 Å². The largest absolute Gasteiger partial charge is 0.461 e. The first-order valence-corrected chi connectivity index (χ1v) is 19.9. The Bertz CT molecular complexity index is 2160. The van der Waals surface area contributed by atoms with E-state index in [1.165, 1.54) is 18.5 Å². The van der Waals surface area contributed by atoms with Gasteiger partial charge in [0.2, 0.25) is 12.2 Å². The Morgan fingerprint density at radius 1 is 0.656 bits per heavy atom. The van der Waals surface area contributed by atoms with E-state index in [1.807, 2.05) is 0 Å². The Morgan fingerprint density at radius 3 is 1.49 bits per heavy atom. The van der Waals surface area contributed by atoms with Crippen LogP contribution in [0, 0.1) is 0 Å². The Balaban J connectivity index is 0.000000308. The molecule has 0 saturated carbocycles. The number of hydrogen-bond donors (Lipinski definition) is 3. The molecule has 0 radical (unpaired) electrons. The Labute approximate surface area is 381 Å². The second-order valence-electron chi connectivity index (χ2n) is 12.2. The van der Waals surface area contributed by atoms with Gasteiger partial charge in [0, 0.05) is 31.2 Å². The summed E-state index contributed by atoms with van der Waals surface area (Å²) in [4.78, 5) is 64.7. The molecule has 2 heterocycles. The second kappa shape index (κ2) is 27.7. The topological polar surface area (TPSA) is 218 Å². The van der Waals surface area contributed by atoms with Crippen LogP contribution in [0.5, 0.6) is 0 Å². The van der Waals surface area contributed by atoms with Crippen LogP contribution in [0.3, 0.4) is 0 Å². The molecule has 0 aliphatic rings. The number of hydrogen-bond acceptors (Lipinski definition) is 14. The van der Waals surface area contributed by atoms with Crippen LogP contribution < -0.4 is 11.1 Å². The summed E-state index contributed by atoms with van der Waals surface area (Å²) < 4.78 is 15.2. The van der Waals surface area contributed by atoms with Crippen LogP contribution in [-0.4, -0.2) is 73.6 Å². The number of carbonyl (C=O) groups excluding carboxylic acids is 4. The zero-order chi connectivity index (χ0) is 45.5. The molecule has 3 aromatic carbocycles. The average molecular weight is 959 g/mol. The molecule has 5 aromatic rings. The SMILES string of the molecule is CC(C)OC(=O)C(Cc1ncccn1)OC(=O)Nc1c(Cl)cccc1Cl.CC(C)OC(=O)C(O)Cc1ncccn1.Nc1c(Cl)cccc1Cl.O=C=Nc1c(Cl)cccc1Cl. The number of nitrogens with two attached hydrogens (primary N) is 1. The van der Waals surface area contributed by atoms with Crippen LogP contribution in [0.2, 0.25) is 30.1 Å². The number of anilines is 2. The summed E-state index contributed by atoms with van der Waals surface area (Å²) in [5.74, 6) is -0.585. The number of ether oxygens (including phenoxy) is 3. The molecule has 5 rings (SSSR count). The Morgan fingerprint density at radius 2 is 1.07 bits per heavy atom. The number of amides is 1. The summed E-state index contributed by atoms with van der Waals surface area (Å²) in [5.41, 5.74) is 6.32. The quantitative estimate of drug-likeness (QED) is 0.0370. The number of aliphatic hydroxyl groups excluding tert-OH is 1.